The van der Waals surface area contributed by atoms with Crippen LogP contribution in [-0.2, 0) is 11.3 Å². The Morgan fingerprint density at radius 1 is 1.50 bits per heavy atom. The molecule has 2 N–H and O–H groups in total. The number of carbonyl (C=O) groups is 2. The van der Waals surface area contributed by atoms with Crippen molar-refractivity contribution in [3.05, 3.63) is 24.0 Å². The van der Waals surface area contributed by atoms with Crippen LogP contribution in [0, 0.1) is 0 Å². The van der Waals surface area contributed by atoms with Crippen molar-refractivity contribution in [1.82, 2.24) is 9.88 Å². The highest BCUT2D eigenvalue weighted by Crippen LogP contribution is 2.19. The lowest BCUT2D eigenvalue weighted by molar-refractivity contribution is -0.141. The molecule has 0 saturated carbocycles. The zero-order chi connectivity index (χ0) is 13.9. The Labute approximate surface area is 100 Å². The van der Waals surface area contributed by atoms with Gasteiger partial charge in [0.25, 0.3) is 5.91 Å². The molecule has 18 heavy (non-hydrogen) atoms. The van der Waals surface area contributed by atoms with Gasteiger partial charge in [0, 0.05) is 6.20 Å². The molecular formula is C10H11F3N2O3. The van der Waals surface area contributed by atoms with Gasteiger partial charge in [-0.15, -0.1) is 0 Å². The third kappa shape index (κ3) is 3.79. The van der Waals surface area contributed by atoms with Crippen molar-refractivity contribution in [2.45, 2.75) is 25.7 Å². The summed E-state index contributed by atoms with van der Waals surface area (Å²) in [5.74, 6) is -2.13. The second-order valence-electron chi connectivity index (χ2n) is 3.67. The molecule has 1 aromatic rings. The molecule has 1 heterocycles. The summed E-state index contributed by atoms with van der Waals surface area (Å²) in [6.07, 6.45) is -3.35. The van der Waals surface area contributed by atoms with E-state index in [9.17, 15) is 22.8 Å². The highest BCUT2D eigenvalue weighted by atomic mass is 19.4. The number of carboxylic acids is 1. The second kappa shape index (κ2) is 5.11. The van der Waals surface area contributed by atoms with Gasteiger partial charge in [-0.05, 0) is 19.1 Å². The fourth-order valence-electron chi connectivity index (χ4n) is 1.28. The lowest BCUT2D eigenvalue weighted by atomic mass is 10.3. The molecule has 100 valence electrons. The summed E-state index contributed by atoms with van der Waals surface area (Å²) in [5.41, 5.74) is -0.236. The minimum atomic E-state index is -4.45. The van der Waals surface area contributed by atoms with E-state index in [2.05, 4.69) is 5.32 Å². The smallest absolute Gasteiger partial charge is 0.406 e. The Balaban J connectivity index is 2.81. The summed E-state index contributed by atoms with van der Waals surface area (Å²) in [5, 5.41) is 10.7. The first-order valence-corrected chi connectivity index (χ1v) is 4.96. The zero-order valence-electron chi connectivity index (χ0n) is 9.36. The van der Waals surface area contributed by atoms with Crippen LogP contribution in [0.3, 0.4) is 0 Å². The SMILES string of the molecule is C[C@H](NC(=O)c1cccn1CC(F)(F)F)C(=O)O. The third-order valence-corrected chi connectivity index (χ3v) is 2.13. The molecule has 0 saturated heterocycles. The quantitative estimate of drug-likeness (QED) is 0.859. The molecule has 0 fully saturated rings. The van der Waals surface area contributed by atoms with Gasteiger partial charge in [-0.25, -0.2) is 0 Å². The van der Waals surface area contributed by atoms with Crippen molar-refractivity contribution in [3.63, 3.8) is 0 Å². The Bertz CT molecular complexity index is 453. The fraction of sp³-hybridized carbons (Fsp3) is 0.400. The molecule has 0 aromatic carbocycles. The maximum Gasteiger partial charge on any atom is 0.406 e. The topological polar surface area (TPSA) is 71.3 Å². The number of aliphatic carboxylic acids is 1. The summed E-state index contributed by atoms with van der Waals surface area (Å²) < 4.78 is 37.3. The van der Waals surface area contributed by atoms with Crippen LogP contribution in [0.15, 0.2) is 18.3 Å². The number of carbonyl (C=O) groups excluding carboxylic acids is 1. The Morgan fingerprint density at radius 2 is 2.11 bits per heavy atom. The molecule has 0 aliphatic carbocycles. The molecule has 1 amide bonds. The Morgan fingerprint density at radius 3 is 2.61 bits per heavy atom. The van der Waals surface area contributed by atoms with Crippen LogP contribution in [0.25, 0.3) is 0 Å². The predicted molar refractivity (Wildman–Crippen MR) is 55.1 cm³/mol. The van der Waals surface area contributed by atoms with Gasteiger partial charge >= 0.3 is 12.1 Å². The maximum absolute atomic E-state index is 12.2. The van der Waals surface area contributed by atoms with Crippen molar-refractivity contribution >= 4 is 11.9 Å². The van der Waals surface area contributed by atoms with Crippen molar-refractivity contribution in [1.29, 1.82) is 0 Å². The molecule has 0 unspecified atom stereocenters. The van der Waals surface area contributed by atoms with Gasteiger partial charge in [0.1, 0.15) is 18.3 Å². The highest BCUT2D eigenvalue weighted by Gasteiger charge is 2.29. The van der Waals surface area contributed by atoms with E-state index in [1.165, 1.54) is 19.1 Å². The number of halogens is 3. The van der Waals surface area contributed by atoms with E-state index in [1.807, 2.05) is 0 Å². The van der Waals surface area contributed by atoms with Gasteiger partial charge in [-0.2, -0.15) is 13.2 Å². The minimum Gasteiger partial charge on any atom is -0.480 e. The number of nitrogens with zero attached hydrogens (tertiary/aromatic N) is 1. The molecule has 1 atom stereocenters. The fourth-order valence-corrected chi connectivity index (χ4v) is 1.28. The minimum absolute atomic E-state index is 0.236. The van der Waals surface area contributed by atoms with Crippen LogP contribution >= 0.6 is 0 Å². The molecule has 0 spiro atoms. The van der Waals surface area contributed by atoms with Crippen LogP contribution in [0.1, 0.15) is 17.4 Å². The summed E-state index contributed by atoms with van der Waals surface area (Å²) >= 11 is 0. The molecule has 5 nitrogen and oxygen atoms in total. The molecule has 0 aliphatic heterocycles. The van der Waals surface area contributed by atoms with Gasteiger partial charge < -0.3 is 15.0 Å². The van der Waals surface area contributed by atoms with E-state index in [4.69, 9.17) is 5.11 Å². The zero-order valence-corrected chi connectivity index (χ0v) is 9.36. The molecule has 0 bridgehead atoms. The molecular weight excluding hydrogens is 253 g/mol. The second-order valence-corrected chi connectivity index (χ2v) is 3.67. The number of alkyl halides is 3. The molecule has 1 aromatic heterocycles. The van der Waals surface area contributed by atoms with Crippen LogP contribution in [0.5, 0.6) is 0 Å². The van der Waals surface area contributed by atoms with E-state index >= 15 is 0 Å². The highest BCUT2D eigenvalue weighted by molar-refractivity contribution is 5.95. The van der Waals surface area contributed by atoms with Gasteiger partial charge in [-0.3, -0.25) is 9.59 Å². The van der Waals surface area contributed by atoms with E-state index in [0.717, 1.165) is 6.20 Å². The van der Waals surface area contributed by atoms with Crippen LogP contribution in [0.2, 0.25) is 0 Å². The third-order valence-electron chi connectivity index (χ3n) is 2.13. The first-order chi connectivity index (χ1) is 8.20. The number of rotatable bonds is 4. The lowest BCUT2D eigenvalue weighted by Crippen LogP contribution is -2.39. The van der Waals surface area contributed by atoms with Gasteiger partial charge in [0.2, 0.25) is 0 Å². The average molecular weight is 264 g/mol. The van der Waals surface area contributed by atoms with Gasteiger partial charge in [0.15, 0.2) is 0 Å². The Hall–Kier alpha value is -1.99. The number of carboxylic acid groups (broad SMARTS) is 1. The van der Waals surface area contributed by atoms with Crippen LogP contribution in [-0.4, -0.2) is 33.8 Å². The van der Waals surface area contributed by atoms with E-state index in [0.29, 0.717) is 4.57 Å². The number of amides is 1. The number of hydrogen-bond donors (Lipinski definition) is 2. The van der Waals surface area contributed by atoms with Crippen molar-refractivity contribution in [2.75, 3.05) is 0 Å². The average Bonchev–Trinajstić information content (AvgIpc) is 2.62. The monoisotopic (exact) mass is 264 g/mol. The summed E-state index contributed by atoms with van der Waals surface area (Å²) in [6, 6.07) is 1.30. The predicted octanol–water partition coefficient (Wildman–Crippen LogP) is 1.25. The number of nitrogens with one attached hydrogen (secondary N) is 1. The van der Waals surface area contributed by atoms with E-state index < -0.39 is 30.6 Å². The van der Waals surface area contributed by atoms with Crippen molar-refractivity contribution in [2.24, 2.45) is 0 Å². The summed E-state index contributed by atoms with van der Waals surface area (Å²) in [4.78, 5) is 22.1. The molecule has 1 rings (SSSR count). The number of aromatic nitrogens is 1. The first-order valence-electron chi connectivity index (χ1n) is 4.96. The summed E-state index contributed by atoms with van der Waals surface area (Å²) in [6.45, 7) is -0.0819. The normalized spacial score (nSPS) is 13.1. The van der Waals surface area contributed by atoms with Gasteiger partial charge in [0.05, 0.1) is 0 Å². The lowest BCUT2D eigenvalue weighted by Gasteiger charge is -2.13. The van der Waals surface area contributed by atoms with Gasteiger partial charge in [-0.1, -0.05) is 0 Å². The van der Waals surface area contributed by atoms with E-state index in [-0.39, 0.29) is 5.69 Å². The Kier molecular flexibility index (Phi) is 4.00. The summed E-state index contributed by atoms with van der Waals surface area (Å²) in [7, 11) is 0. The molecule has 0 aliphatic rings. The molecule has 0 radical (unpaired) electrons. The largest absolute Gasteiger partial charge is 0.480 e. The number of hydrogen-bond acceptors (Lipinski definition) is 2. The van der Waals surface area contributed by atoms with Crippen molar-refractivity contribution in [3.8, 4) is 0 Å². The van der Waals surface area contributed by atoms with Crippen LogP contribution in [0.4, 0.5) is 13.2 Å². The molecule has 8 heteroatoms. The first kappa shape index (κ1) is 14.1. The maximum atomic E-state index is 12.2. The standard InChI is InChI=1S/C10H11F3N2O3/c1-6(9(17)18)14-8(16)7-3-2-4-15(7)5-10(11,12)13/h2-4,6H,5H2,1H3,(H,14,16)(H,17,18)/t6-/m0/s1. The van der Waals surface area contributed by atoms with Crippen molar-refractivity contribution < 1.29 is 27.9 Å². The van der Waals surface area contributed by atoms with E-state index in [1.54, 1.807) is 0 Å². The van der Waals surface area contributed by atoms with Crippen LogP contribution < -0.4 is 5.32 Å².